The second kappa shape index (κ2) is 7.38. The van der Waals surface area contributed by atoms with E-state index in [1.807, 2.05) is 0 Å². The Bertz CT molecular complexity index is 568. The van der Waals surface area contributed by atoms with Gasteiger partial charge in [0.25, 0.3) is 0 Å². The third-order valence-corrected chi connectivity index (χ3v) is 5.10. The standard InChI is InChI=1S/C22H33N/c1-7-10-18-13-14-20(15-16(18)2)17(3)23-21(22(4,5)6)19-11-8-9-12-19/h7,10,13-15,19,21,23H,3,8-9,11-12H2,1-2,4-6H3/b10-7-. The van der Waals surface area contributed by atoms with Crippen molar-refractivity contribution in [3.8, 4) is 0 Å². The van der Waals surface area contributed by atoms with E-state index >= 15 is 0 Å². The molecule has 1 aliphatic carbocycles. The van der Waals surface area contributed by atoms with E-state index in [1.165, 1.54) is 42.4 Å². The van der Waals surface area contributed by atoms with E-state index < -0.39 is 0 Å². The fraction of sp³-hybridized carbons (Fsp3) is 0.545. The zero-order chi connectivity index (χ0) is 17.0. The average Bonchev–Trinajstić information content (AvgIpc) is 2.99. The normalized spacial score (nSPS) is 17.6. The van der Waals surface area contributed by atoms with Crippen LogP contribution in [0.5, 0.6) is 0 Å². The lowest BCUT2D eigenvalue weighted by atomic mass is 9.78. The van der Waals surface area contributed by atoms with Crippen molar-refractivity contribution in [1.29, 1.82) is 0 Å². The van der Waals surface area contributed by atoms with Gasteiger partial charge in [0.2, 0.25) is 0 Å². The Balaban J connectivity index is 2.16. The first kappa shape index (κ1) is 17.8. The summed E-state index contributed by atoms with van der Waals surface area (Å²) in [7, 11) is 0. The predicted octanol–water partition coefficient (Wildman–Crippen LogP) is 6.19. The second-order valence-corrected chi connectivity index (χ2v) is 8.08. The Kier molecular flexibility index (Phi) is 5.73. The van der Waals surface area contributed by atoms with Crippen molar-refractivity contribution in [2.45, 2.75) is 66.3 Å². The van der Waals surface area contributed by atoms with E-state index in [0.717, 1.165) is 11.6 Å². The molecule has 1 fully saturated rings. The van der Waals surface area contributed by atoms with Gasteiger partial charge in [-0.05, 0) is 60.8 Å². The zero-order valence-corrected chi connectivity index (χ0v) is 15.6. The molecule has 1 N–H and O–H groups in total. The Morgan fingerprint density at radius 1 is 1.26 bits per heavy atom. The number of allylic oxidation sites excluding steroid dienone is 1. The number of nitrogens with one attached hydrogen (secondary N) is 1. The van der Waals surface area contributed by atoms with Gasteiger partial charge in [-0.15, -0.1) is 0 Å². The number of hydrogen-bond acceptors (Lipinski definition) is 1. The van der Waals surface area contributed by atoms with Crippen LogP contribution >= 0.6 is 0 Å². The van der Waals surface area contributed by atoms with Crippen LogP contribution < -0.4 is 5.32 Å². The van der Waals surface area contributed by atoms with Crippen LogP contribution in [0.25, 0.3) is 11.8 Å². The molecule has 1 saturated carbocycles. The molecule has 0 radical (unpaired) electrons. The van der Waals surface area contributed by atoms with E-state index in [4.69, 9.17) is 0 Å². The minimum absolute atomic E-state index is 0.248. The van der Waals surface area contributed by atoms with Gasteiger partial charge < -0.3 is 5.32 Å². The molecule has 0 aromatic heterocycles. The third-order valence-electron chi connectivity index (χ3n) is 5.10. The fourth-order valence-electron chi connectivity index (χ4n) is 3.83. The summed E-state index contributed by atoms with van der Waals surface area (Å²) >= 11 is 0. The van der Waals surface area contributed by atoms with Crippen LogP contribution in [-0.2, 0) is 0 Å². The first-order valence-electron chi connectivity index (χ1n) is 9.02. The van der Waals surface area contributed by atoms with E-state index in [1.54, 1.807) is 0 Å². The minimum atomic E-state index is 0.248. The number of hydrogen-bond donors (Lipinski definition) is 1. The molecule has 1 heteroatoms. The highest BCUT2D eigenvalue weighted by Crippen LogP contribution is 2.36. The van der Waals surface area contributed by atoms with Gasteiger partial charge in [-0.25, -0.2) is 0 Å². The molecule has 0 amide bonds. The molecular weight excluding hydrogens is 278 g/mol. The van der Waals surface area contributed by atoms with Gasteiger partial charge in [0.1, 0.15) is 0 Å². The SMILES string of the molecule is C=C(NC(C1CCCC1)C(C)(C)C)c1ccc(/C=C\C)c(C)c1. The van der Waals surface area contributed by atoms with Crippen molar-refractivity contribution in [1.82, 2.24) is 5.32 Å². The van der Waals surface area contributed by atoms with Crippen LogP contribution in [0.4, 0.5) is 0 Å². The predicted molar refractivity (Wildman–Crippen MR) is 103 cm³/mol. The molecule has 1 nitrogen and oxygen atoms in total. The fourth-order valence-corrected chi connectivity index (χ4v) is 3.83. The number of aryl methyl sites for hydroxylation is 1. The van der Waals surface area contributed by atoms with Gasteiger partial charge in [0, 0.05) is 11.7 Å². The maximum atomic E-state index is 4.34. The Morgan fingerprint density at radius 3 is 2.43 bits per heavy atom. The lowest BCUT2D eigenvalue weighted by Gasteiger charge is -2.37. The largest absolute Gasteiger partial charge is 0.382 e. The first-order valence-corrected chi connectivity index (χ1v) is 9.02. The van der Waals surface area contributed by atoms with E-state index in [-0.39, 0.29) is 5.41 Å². The summed E-state index contributed by atoms with van der Waals surface area (Å²) < 4.78 is 0. The quantitative estimate of drug-likeness (QED) is 0.683. The maximum absolute atomic E-state index is 4.34. The van der Waals surface area contributed by atoms with Gasteiger partial charge >= 0.3 is 0 Å². The van der Waals surface area contributed by atoms with Crippen molar-refractivity contribution in [2.24, 2.45) is 11.3 Å². The minimum Gasteiger partial charge on any atom is -0.382 e. The molecule has 23 heavy (non-hydrogen) atoms. The Hall–Kier alpha value is -1.50. The molecule has 0 saturated heterocycles. The molecule has 2 rings (SSSR count). The first-order chi connectivity index (χ1) is 10.8. The van der Waals surface area contributed by atoms with Crippen molar-refractivity contribution in [3.63, 3.8) is 0 Å². The lowest BCUT2D eigenvalue weighted by Crippen LogP contribution is -2.44. The highest BCUT2D eigenvalue weighted by molar-refractivity contribution is 5.66. The van der Waals surface area contributed by atoms with Gasteiger partial charge in [-0.3, -0.25) is 0 Å². The van der Waals surface area contributed by atoms with E-state index in [0.29, 0.717) is 6.04 Å². The van der Waals surface area contributed by atoms with Crippen molar-refractivity contribution in [3.05, 3.63) is 47.5 Å². The highest BCUT2D eigenvalue weighted by Gasteiger charge is 2.34. The zero-order valence-electron chi connectivity index (χ0n) is 15.6. The van der Waals surface area contributed by atoms with Gasteiger partial charge in [0.05, 0.1) is 0 Å². The maximum Gasteiger partial charge on any atom is 0.0343 e. The van der Waals surface area contributed by atoms with Crippen molar-refractivity contribution < 1.29 is 0 Å². The van der Waals surface area contributed by atoms with Crippen molar-refractivity contribution in [2.75, 3.05) is 0 Å². The molecule has 0 aliphatic heterocycles. The van der Waals surface area contributed by atoms with Crippen LogP contribution in [0.1, 0.15) is 70.1 Å². The molecule has 1 aromatic carbocycles. The number of benzene rings is 1. The summed E-state index contributed by atoms with van der Waals surface area (Å²) in [5.74, 6) is 0.773. The lowest BCUT2D eigenvalue weighted by molar-refractivity contribution is 0.214. The van der Waals surface area contributed by atoms with Gasteiger partial charge in [0.15, 0.2) is 0 Å². The molecule has 1 aliphatic rings. The summed E-state index contributed by atoms with van der Waals surface area (Å²) in [5.41, 5.74) is 5.11. The average molecular weight is 312 g/mol. The van der Waals surface area contributed by atoms with Crippen LogP contribution in [0, 0.1) is 18.3 Å². The van der Waals surface area contributed by atoms with E-state index in [2.05, 4.69) is 76.9 Å². The highest BCUT2D eigenvalue weighted by atomic mass is 15.0. The summed E-state index contributed by atoms with van der Waals surface area (Å²) in [6.07, 6.45) is 9.70. The topological polar surface area (TPSA) is 12.0 Å². The molecule has 0 heterocycles. The monoisotopic (exact) mass is 311 g/mol. The second-order valence-electron chi connectivity index (χ2n) is 8.08. The summed E-state index contributed by atoms with van der Waals surface area (Å²) in [4.78, 5) is 0. The molecular formula is C22H33N. The molecule has 126 valence electrons. The molecule has 0 bridgehead atoms. The van der Waals surface area contributed by atoms with Gasteiger partial charge in [-0.1, -0.05) is 64.5 Å². The smallest absolute Gasteiger partial charge is 0.0343 e. The Labute approximate surface area is 142 Å². The van der Waals surface area contributed by atoms with Crippen molar-refractivity contribution >= 4 is 11.8 Å². The molecule has 1 unspecified atom stereocenters. The van der Waals surface area contributed by atoms with Crippen LogP contribution in [0.15, 0.2) is 30.9 Å². The summed E-state index contributed by atoms with van der Waals surface area (Å²) in [6, 6.07) is 7.12. The van der Waals surface area contributed by atoms with Crippen LogP contribution in [0.3, 0.4) is 0 Å². The molecule has 1 atom stereocenters. The third kappa shape index (κ3) is 4.50. The number of rotatable bonds is 5. The Morgan fingerprint density at radius 2 is 1.91 bits per heavy atom. The van der Waals surface area contributed by atoms with E-state index in [9.17, 15) is 0 Å². The summed E-state index contributed by atoms with van der Waals surface area (Å²) in [5, 5.41) is 3.78. The molecule has 1 aromatic rings. The van der Waals surface area contributed by atoms with Crippen LogP contribution in [0.2, 0.25) is 0 Å². The van der Waals surface area contributed by atoms with Crippen LogP contribution in [-0.4, -0.2) is 6.04 Å². The molecule has 0 spiro atoms. The van der Waals surface area contributed by atoms with Gasteiger partial charge in [-0.2, -0.15) is 0 Å². The summed E-state index contributed by atoms with van der Waals surface area (Å²) in [6.45, 7) is 15.6.